The fourth-order valence-corrected chi connectivity index (χ4v) is 2.13. The number of carbonyl (C=O) groups excluding carboxylic acids is 1. The fourth-order valence-electron chi connectivity index (χ4n) is 2.13. The summed E-state index contributed by atoms with van der Waals surface area (Å²) in [5.74, 6) is -0.0180. The highest BCUT2D eigenvalue weighted by molar-refractivity contribution is 14.0. The van der Waals surface area contributed by atoms with E-state index in [9.17, 15) is 4.79 Å². The minimum Gasteiger partial charge on any atom is -0.456 e. The number of rotatable bonds is 4. The molecule has 26 heavy (non-hydrogen) atoms. The van der Waals surface area contributed by atoms with Crippen LogP contribution in [0.25, 0.3) is 0 Å². The van der Waals surface area contributed by atoms with Gasteiger partial charge in [0.1, 0.15) is 5.60 Å². The summed E-state index contributed by atoms with van der Waals surface area (Å²) in [6, 6.07) is 15.1. The standard InChI is InChI=1S/C20H25N3O2.HI/c1-14-8-10-17(11-9-14)23-19(21)22-13-15-6-5-7-16(12-15)18(24)25-20(2,3)4;/h5-12H,13H2,1-4H3,(H3,21,22,23);1H. The first-order valence-electron chi connectivity index (χ1n) is 8.19. The Bertz CT molecular complexity index is 765. The van der Waals surface area contributed by atoms with Gasteiger partial charge in [-0.2, -0.15) is 0 Å². The first-order chi connectivity index (χ1) is 11.7. The van der Waals surface area contributed by atoms with E-state index in [0.29, 0.717) is 18.1 Å². The second kappa shape index (κ2) is 9.56. The lowest BCUT2D eigenvalue weighted by atomic mass is 10.1. The van der Waals surface area contributed by atoms with Crippen molar-refractivity contribution in [1.29, 1.82) is 0 Å². The number of aliphatic imine (C=N–C) groups is 1. The zero-order valence-corrected chi connectivity index (χ0v) is 17.9. The number of benzene rings is 2. The number of hydrogen-bond donors (Lipinski definition) is 2. The van der Waals surface area contributed by atoms with Gasteiger partial charge in [0, 0.05) is 5.69 Å². The van der Waals surface area contributed by atoms with Crippen LogP contribution in [-0.4, -0.2) is 17.5 Å². The molecule has 5 nitrogen and oxygen atoms in total. The van der Waals surface area contributed by atoms with Crippen molar-refractivity contribution in [3.63, 3.8) is 0 Å². The molecule has 6 heteroatoms. The van der Waals surface area contributed by atoms with Crippen LogP contribution in [0.3, 0.4) is 0 Å². The highest BCUT2D eigenvalue weighted by Crippen LogP contribution is 2.14. The van der Waals surface area contributed by atoms with Gasteiger partial charge in [0.15, 0.2) is 5.96 Å². The summed E-state index contributed by atoms with van der Waals surface area (Å²) < 4.78 is 5.38. The fraction of sp³-hybridized carbons (Fsp3) is 0.300. The highest BCUT2D eigenvalue weighted by Gasteiger charge is 2.17. The summed E-state index contributed by atoms with van der Waals surface area (Å²) in [6.45, 7) is 7.93. The van der Waals surface area contributed by atoms with Gasteiger partial charge in [-0.1, -0.05) is 29.8 Å². The summed E-state index contributed by atoms with van der Waals surface area (Å²) in [5, 5.41) is 3.04. The lowest BCUT2D eigenvalue weighted by molar-refractivity contribution is 0.00694. The van der Waals surface area contributed by atoms with E-state index >= 15 is 0 Å². The minimum atomic E-state index is -0.520. The van der Waals surface area contributed by atoms with Crippen LogP contribution in [0.4, 0.5) is 5.69 Å². The van der Waals surface area contributed by atoms with Crippen molar-refractivity contribution in [2.45, 2.75) is 39.8 Å². The number of carbonyl (C=O) groups is 1. The number of nitrogens with one attached hydrogen (secondary N) is 1. The number of aryl methyl sites for hydroxylation is 1. The average Bonchev–Trinajstić information content (AvgIpc) is 2.54. The molecular formula is C20H26IN3O2. The maximum atomic E-state index is 12.1. The number of anilines is 1. The van der Waals surface area contributed by atoms with Crippen LogP contribution in [0, 0.1) is 6.92 Å². The molecule has 0 aliphatic carbocycles. The van der Waals surface area contributed by atoms with Crippen molar-refractivity contribution in [2.24, 2.45) is 10.7 Å². The Kier molecular flexibility index (Phi) is 8.08. The van der Waals surface area contributed by atoms with E-state index in [2.05, 4.69) is 10.3 Å². The van der Waals surface area contributed by atoms with Gasteiger partial charge in [0.25, 0.3) is 0 Å². The Morgan fingerprint density at radius 3 is 2.42 bits per heavy atom. The number of guanidine groups is 1. The van der Waals surface area contributed by atoms with Gasteiger partial charge in [0.05, 0.1) is 12.1 Å². The molecule has 3 N–H and O–H groups in total. The van der Waals surface area contributed by atoms with Crippen LogP contribution in [0.1, 0.15) is 42.3 Å². The zero-order valence-electron chi connectivity index (χ0n) is 15.6. The average molecular weight is 467 g/mol. The molecule has 0 saturated heterocycles. The third-order valence-corrected chi connectivity index (χ3v) is 3.32. The monoisotopic (exact) mass is 467 g/mol. The number of nitrogens with two attached hydrogens (primary N) is 1. The molecular weight excluding hydrogens is 441 g/mol. The molecule has 0 saturated carbocycles. The van der Waals surface area contributed by atoms with Gasteiger partial charge in [-0.15, -0.1) is 24.0 Å². The maximum absolute atomic E-state index is 12.1. The minimum absolute atomic E-state index is 0. The van der Waals surface area contributed by atoms with E-state index < -0.39 is 5.60 Å². The highest BCUT2D eigenvalue weighted by atomic mass is 127. The van der Waals surface area contributed by atoms with Gasteiger partial charge >= 0.3 is 5.97 Å². The predicted molar refractivity (Wildman–Crippen MR) is 117 cm³/mol. The smallest absolute Gasteiger partial charge is 0.338 e. The molecule has 0 spiro atoms. The third kappa shape index (κ3) is 7.43. The zero-order chi connectivity index (χ0) is 18.4. The molecule has 0 aliphatic heterocycles. The molecule has 140 valence electrons. The van der Waals surface area contributed by atoms with Crippen molar-refractivity contribution in [1.82, 2.24) is 0 Å². The summed E-state index contributed by atoms with van der Waals surface area (Å²) in [7, 11) is 0. The number of hydrogen-bond acceptors (Lipinski definition) is 3. The van der Waals surface area contributed by atoms with E-state index in [1.54, 1.807) is 12.1 Å². The molecule has 0 aromatic heterocycles. The lowest BCUT2D eigenvalue weighted by Crippen LogP contribution is -2.24. The van der Waals surface area contributed by atoms with Crippen molar-refractivity contribution in [3.05, 3.63) is 65.2 Å². The molecule has 0 unspecified atom stereocenters. The Morgan fingerprint density at radius 1 is 1.15 bits per heavy atom. The van der Waals surface area contributed by atoms with Crippen LogP contribution in [0.15, 0.2) is 53.5 Å². The topological polar surface area (TPSA) is 76.7 Å². The van der Waals surface area contributed by atoms with Crippen molar-refractivity contribution in [3.8, 4) is 0 Å². The van der Waals surface area contributed by atoms with Gasteiger partial charge in [-0.25, -0.2) is 9.79 Å². The summed E-state index contributed by atoms with van der Waals surface area (Å²) in [5.41, 5.74) is 8.86. The molecule has 0 heterocycles. The second-order valence-corrected chi connectivity index (χ2v) is 6.89. The second-order valence-electron chi connectivity index (χ2n) is 6.89. The number of halogens is 1. The lowest BCUT2D eigenvalue weighted by Gasteiger charge is -2.19. The summed E-state index contributed by atoms with van der Waals surface area (Å²) >= 11 is 0. The van der Waals surface area contributed by atoms with Crippen molar-refractivity contribution < 1.29 is 9.53 Å². The van der Waals surface area contributed by atoms with E-state index in [0.717, 1.165) is 11.3 Å². The van der Waals surface area contributed by atoms with Crippen LogP contribution >= 0.6 is 24.0 Å². The SMILES string of the molecule is Cc1ccc(NC(N)=NCc2cccc(C(=O)OC(C)(C)C)c2)cc1.I. The van der Waals surface area contributed by atoms with Crippen LogP contribution < -0.4 is 11.1 Å². The van der Waals surface area contributed by atoms with E-state index in [4.69, 9.17) is 10.5 Å². The largest absolute Gasteiger partial charge is 0.456 e. The first kappa shape index (κ1) is 22.0. The Hall–Kier alpha value is -2.09. The molecule has 0 amide bonds. The quantitative estimate of drug-likeness (QED) is 0.301. The molecule has 0 fully saturated rings. The van der Waals surface area contributed by atoms with E-state index in [-0.39, 0.29) is 29.9 Å². The van der Waals surface area contributed by atoms with Gasteiger partial charge in [-0.3, -0.25) is 0 Å². The van der Waals surface area contributed by atoms with Gasteiger partial charge in [0.2, 0.25) is 0 Å². The number of ether oxygens (including phenoxy) is 1. The maximum Gasteiger partial charge on any atom is 0.338 e. The normalized spacial score (nSPS) is 11.5. The number of nitrogens with zero attached hydrogens (tertiary/aromatic N) is 1. The Labute approximate surface area is 172 Å². The predicted octanol–water partition coefficient (Wildman–Crippen LogP) is 4.50. The number of esters is 1. The van der Waals surface area contributed by atoms with Gasteiger partial charge in [-0.05, 0) is 57.5 Å². The summed E-state index contributed by atoms with van der Waals surface area (Å²) in [6.07, 6.45) is 0. The molecule has 0 aliphatic rings. The molecule has 2 aromatic rings. The van der Waals surface area contributed by atoms with Crippen LogP contribution in [-0.2, 0) is 11.3 Å². The molecule has 2 rings (SSSR count). The first-order valence-corrected chi connectivity index (χ1v) is 8.19. The summed E-state index contributed by atoms with van der Waals surface area (Å²) in [4.78, 5) is 16.4. The third-order valence-electron chi connectivity index (χ3n) is 3.32. The van der Waals surface area contributed by atoms with E-state index in [1.807, 2.05) is 64.1 Å². The van der Waals surface area contributed by atoms with Crippen molar-refractivity contribution in [2.75, 3.05) is 5.32 Å². The molecule has 2 aromatic carbocycles. The van der Waals surface area contributed by atoms with Crippen molar-refractivity contribution >= 4 is 41.6 Å². The van der Waals surface area contributed by atoms with Gasteiger partial charge < -0.3 is 15.8 Å². The molecule has 0 atom stereocenters. The van der Waals surface area contributed by atoms with Crippen LogP contribution in [0.2, 0.25) is 0 Å². The Balaban J connectivity index is 0.00000338. The Morgan fingerprint density at radius 2 is 1.81 bits per heavy atom. The van der Waals surface area contributed by atoms with E-state index in [1.165, 1.54) is 5.56 Å². The molecule has 0 radical (unpaired) electrons. The molecule has 0 bridgehead atoms. The van der Waals surface area contributed by atoms with Crippen LogP contribution in [0.5, 0.6) is 0 Å².